The van der Waals surface area contributed by atoms with Crippen LogP contribution < -0.4 is 10.1 Å². The van der Waals surface area contributed by atoms with Crippen molar-refractivity contribution >= 4 is 11.6 Å². The maximum Gasteiger partial charge on any atom is 0.471 e. The first kappa shape index (κ1) is 19.4. The molecule has 4 aromatic rings. The molecule has 4 rings (SSSR count). The van der Waals surface area contributed by atoms with Crippen LogP contribution in [0.2, 0.25) is 0 Å². The van der Waals surface area contributed by atoms with Crippen molar-refractivity contribution in [3.05, 3.63) is 65.9 Å². The summed E-state index contributed by atoms with van der Waals surface area (Å²) in [6, 6.07) is 9.79. The molecule has 0 saturated carbocycles. The molecular weight excluding hydrogens is 403 g/mol. The molecule has 3 aromatic heterocycles. The number of hydrogen-bond acceptors (Lipinski definition) is 6. The maximum absolute atomic E-state index is 12.6. The number of carbonyl (C=O) groups excluding carboxylic acids is 1. The number of rotatable bonds is 5. The molecule has 3 heterocycles. The van der Waals surface area contributed by atoms with Gasteiger partial charge in [0.05, 0.1) is 19.3 Å². The molecule has 0 aliphatic carbocycles. The van der Waals surface area contributed by atoms with Crippen LogP contribution in [0.1, 0.15) is 21.9 Å². The molecule has 0 radical (unpaired) electrons. The predicted molar refractivity (Wildman–Crippen MR) is 97.7 cm³/mol. The molecule has 0 atom stereocenters. The molecule has 0 saturated heterocycles. The Labute approximate surface area is 167 Å². The molecule has 0 aliphatic rings. The zero-order valence-electron chi connectivity index (χ0n) is 15.5. The van der Waals surface area contributed by atoms with Crippen molar-refractivity contribution in [1.29, 1.82) is 0 Å². The minimum Gasteiger partial charge on any atom is -0.497 e. The third kappa shape index (κ3) is 3.95. The number of alkyl halides is 3. The van der Waals surface area contributed by atoms with Crippen molar-refractivity contribution in [2.24, 2.45) is 0 Å². The number of methoxy groups -OCH3 is 1. The van der Waals surface area contributed by atoms with Gasteiger partial charge < -0.3 is 19.0 Å². The topological polar surface area (TPSA) is 94.5 Å². The second kappa shape index (κ2) is 7.50. The number of ether oxygens (including phenoxy) is 1. The molecule has 1 aromatic carbocycles. The van der Waals surface area contributed by atoms with E-state index in [4.69, 9.17) is 4.74 Å². The van der Waals surface area contributed by atoms with Gasteiger partial charge in [0.25, 0.3) is 5.91 Å². The van der Waals surface area contributed by atoms with Gasteiger partial charge in [-0.1, -0.05) is 5.16 Å². The monoisotopic (exact) mass is 417 g/mol. The Hall–Kier alpha value is -3.89. The molecule has 8 nitrogen and oxygen atoms in total. The first-order chi connectivity index (χ1) is 14.3. The average molecular weight is 417 g/mol. The number of aromatic nitrogens is 4. The molecule has 30 heavy (non-hydrogen) atoms. The van der Waals surface area contributed by atoms with Crippen molar-refractivity contribution in [1.82, 2.24) is 24.8 Å². The summed E-state index contributed by atoms with van der Waals surface area (Å²) >= 11 is 0. The van der Waals surface area contributed by atoms with E-state index in [2.05, 4.69) is 25.0 Å². The maximum atomic E-state index is 12.6. The van der Waals surface area contributed by atoms with Crippen LogP contribution in [0, 0.1) is 0 Å². The van der Waals surface area contributed by atoms with E-state index in [9.17, 15) is 18.0 Å². The van der Waals surface area contributed by atoms with Crippen molar-refractivity contribution in [2.75, 3.05) is 7.11 Å². The molecular formula is C19H14F3N5O3. The van der Waals surface area contributed by atoms with E-state index in [1.54, 1.807) is 40.9 Å². The smallest absolute Gasteiger partial charge is 0.471 e. The van der Waals surface area contributed by atoms with Gasteiger partial charge in [0, 0.05) is 23.5 Å². The highest BCUT2D eigenvalue weighted by Crippen LogP contribution is 2.29. The molecule has 0 bridgehead atoms. The molecule has 0 spiro atoms. The number of hydrogen-bond donors (Lipinski definition) is 1. The number of halogens is 3. The number of amides is 1. The first-order valence-corrected chi connectivity index (χ1v) is 8.64. The average Bonchev–Trinajstić information content (AvgIpc) is 3.38. The van der Waals surface area contributed by atoms with Crippen LogP contribution in [0.4, 0.5) is 13.2 Å². The van der Waals surface area contributed by atoms with Gasteiger partial charge in [-0.15, -0.1) is 0 Å². The van der Waals surface area contributed by atoms with Crippen LogP contribution in [0.5, 0.6) is 5.75 Å². The van der Waals surface area contributed by atoms with Crippen LogP contribution in [0.3, 0.4) is 0 Å². The van der Waals surface area contributed by atoms with E-state index in [0.29, 0.717) is 28.2 Å². The van der Waals surface area contributed by atoms with Crippen molar-refractivity contribution < 1.29 is 27.2 Å². The zero-order valence-corrected chi connectivity index (χ0v) is 15.5. The van der Waals surface area contributed by atoms with Gasteiger partial charge in [0.1, 0.15) is 11.4 Å². The Morgan fingerprint density at radius 3 is 2.57 bits per heavy atom. The number of nitrogens with one attached hydrogen (secondary N) is 1. The predicted octanol–water partition coefficient (Wildman–Crippen LogP) is 3.34. The van der Waals surface area contributed by atoms with Crippen molar-refractivity contribution in [3.8, 4) is 17.1 Å². The van der Waals surface area contributed by atoms with Gasteiger partial charge in [-0.25, -0.2) is 4.98 Å². The Morgan fingerprint density at radius 1 is 1.13 bits per heavy atom. The Kier molecular flexibility index (Phi) is 4.86. The van der Waals surface area contributed by atoms with E-state index in [1.165, 1.54) is 19.4 Å². The largest absolute Gasteiger partial charge is 0.497 e. The van der Waals surface area contributed by atoms with E-state index in [-0.39, 0.29) is 18.3 Å². The van der Waals surface area contributed by atoms with E-state index in [0.717, 1.165) is 0 Å². The fraction of sp³-hybridized carbons (Fsp3) is 0.158. The van der Waals surface area contributed by atoms with Crippen LogP contribution >= 0.6 is 0 Å². The molecule has 1 amide bonds. The summed E-state index contributed by atoms with van der Waals surface area (Å²) < 4.78 is 48.8. The van der Waals surface area contributed by atoms with Crippen molar-refractivity contribution in [3.63, 3.8) is 0 Å². The summed E-state index contributed by atoms with van der Waals surface area (Å²) in [6.07, 6.45) is -1.53. The fourth-order valence-corrected chi connectivity index (χ4v) is 2.73. The Morgan fingerprint density at radius 2 is 1.90 bits per heavy atom. The normalized spacial score (nSPS) is 11.6. The fourth-order valence-electron chi connectivity index (χ4n) is 2.73. The molecule has 0 aliphatic heterocycles. The number of carbonyl (C=O) groups is 1. The summed E-state index contributed by atoms with van der Waals surface area (Å²) in [5.41, 5.74) is 1.91. The minimum atomic E-state index is -4.71. The van der Waals surface area contributed by atoms with Gasteiger partial charge in [0.2, 0.25) is 5.82 Å². The summed E-state index contributed by atoms with van der Waals surface area (Å²) in [4.78, 5) is 20.0. The SMILES string of the molecule is COc1ccc(C(=O)NCc2cn3cc(-c4noc(C(F)(F)F)n4)ccc3n2)cc1. The highest BCUT2D eigenvalue weighted by molar-refractivity contribution is 5.94. The van der Waals surface area contributed by atoms with Gasteiger partial charge in [-0.05, 0) is 36.4 Å². The first-order valence-electron chi connectivity index (χ1n) is 8.64. The summed E-state index contributed by atoms with van der Waals surface area (Å²) in [7, 11) is 1.54. The lowest BCUT2D eigenvalue weighted by atomic mass is 10.2. The van der Waals surface area contributed by atoms with Gasteiger partial charge in [-0.3, -0.25) is 4.79 Å². The number of fused-ring (bicyclic) bond motifs is 1. The van der Waals surface area contributed by atoms with E-state index >= 15 is 0 Å². The zero-order chi connectivity index (χ0) is 21.3. The molecule has 154 valence electrons. The molecule has 11 heteroatoms. The lowest BCUT2D eigenvalue weighted by Crippen LogP contribution is -2.22. The van der Waals surface area contributed by atoms with Crippen LogP contribution in [0.25, 0.3) is 17.0 Å². The number of imidazole rings is 1. The minimum absolute atomic E-state index is 0.169. The van der Waals surface area contributed by atoms with Crippen LogP contribution in [-0.4, -0.2) is 32.5 Å². The van der Waals surface area contributed by atoms with Crippen LogP contribution in [0.15, 0.2) is 53.3 Å². The quantitative estimate of drug-likeness (QED) is 0.535. The highest BCUT2D eigenvalue weighted by Gasteiger charge is 2.38. The molecule has 0 fully saturated rings. The third-order valence-corrected chi connectivity index (χ3v) is 4.21. The van der Waals surface area contributed by atoms with Crippen LogP contribution in [-0.2, 0) is 12.7 Å². The second-order valence-electron chi connectivity index (χ2n) is 6.25. The number of nitrogens with zero attached hydrogens (tertiary/aromatic N) is 4. The Balaban J connectivity index is 1.48. The summed E-state index contributed by atoms with van der Waals surface area (Å²) in [6.45, 7) is 0.169. The number of pyridine rings is 1. The van der Waals surface area contributed by atoms with E-state index in [1.807, 2.05) is 0 Å². The van der Waals surface area contributed by atoms with Gasteiger partial charge in [-0.2, -0.15) is 18.2 Å². The van der Waals surface area contributed by atoms with Crippen molar-refractivity contribution in [2.45, 2.75) is 12.7 Å². The highest BCUT2D eigenvalue weighted by atomic mass is 19.4. The Bertz CT molecular complexity index is 1200. The second-order valence-corrected chi connectivity index (χ2v) is 6.25. The summed E-state index contributed by atoms with van der Waals surface area (Å²) in [5.74, 6) is -1.23. The molecule has 1 N–H and O–H groups in total. The standard InChI is InChI=1S/C19H14F3N5O3/c1-29-14-5-2-11(3-6-14)17(28)23-8-13-10-27-9-12(4-7-15(27)24-13)16-25-18(30-26-16)19(20,21)22/h2-7,9-10H,8H2,1H3,(H,23,28). The van der Waals surface area contributed by atoms with Gasteiger partial charge >= 0.3 is 12.1 Å². The lowest BCUT2D eigenvalue weighted by Gasteiger charge is -2.04. The van der Waals surface area contributed by atoms with E-state index < -0.39 is 12.1 Å². The van der Waals surface area contributed by atoms with Gasteiger partial charge in [0.15, 0.2) is 0 Å². The third-order valence-electron chi connectivity index (χ3n) is 4.21. The molecule has 0 unspecified atom stereocenters. The number of benzene rings is 1. The lowest BCUT2D eigenvalue weighted by molar-refractivity contribution is -0.159. The summed E-state index contributed by atoms with van der Waals surface area (Å²) in [5, 5.41) is 6.13.